The fourth-order valence-corrected chi connectivity index (χ4v) is 5.74. The minimum absolute atomic E-state index is 0.0866. The van der Waals surface area contributed by atoms with Crippen molar-refractivity contribution < 1.29 is 27.5 Å². The molecule has 0 saturated heterocycles. The largest absolute Gasteiger partial charge is 0.497 e. The molecule has 0 aliphatic rings. The summed E-state index contributed by atoms with van der Waals surface area (Å²) >= 11 is 12.6. The number of anilines is 1. The van der Waals surface area contributed by atoms with E-state index in [1.165, 1.54) is 25.2 Å². The molecule has 0 aliphatic heterocycles. The van der Waals surface area contributed by atoms with Crippen LogP contribution in [0.25, 0.3) is 0 Å². The Labute approximate surface area is 263 Å². The summed E-state index contributed by atoms with van der Waals surface area (Å²) in [7, 11) is -1.17. The second kappa shape index (κ2) is 14.3. The summed E-state index contributed by atoms with van der Waals surface area (Å²) in [5, 5.41) is 3.69. The fourth-order valence-electron chi connectivity index (χ4n) is 4.43. The highest BCUT2D eigenvalue weighted by molar-refractivity contribution is 7.92. The zero-order valence-corrected chi connectivity index (χ0v) is 27.4. The van der Waals surface area contributed by atoms with Crippen molar-refractivity contribution in [3.63, 3.8) is 0 Å². The maximum atomic E-state index is 14.3. The number of amides is 2. The lowest BCUT2D eigenvalue weighted by Crippen LogP contribution is -2.56. The van der Waals surface area contributed by atoms with Crippen LogP contribution >= 0.6 is 23.2 Å². The molecule has 1 atom stereocenters. The normalized spacial score (nSPS) is 12.3. The van der Waals surface area contributed by atoms with Crippen LogP contribution < -0.4 is 19.1 Å². The summed E-state index contributed by atoms with van der Waals surface area (Å²) in [5.41, 5.74) is 0.851. The van der Waals surface area contributed by atoms with E-state index in [1.807, 2.05) is 51.1 Å². The summed E-state index contributed by atoms with van der Waals surface area (Å²) in [6.45, 7) is 4.81. The van der Waals surface area contributed by atoms with Crippen LogP contribution in [0.1, 0.15) is 31.9 Å². The van der Waals surface area contributed by atoms with Crippen molar-refractivity contribution >= 4 is 50.7 Å². The van der Waals surface area contributed by atoms with E-state index in [2.05, 4.69) is 5.32 Å². The Bertz CT molecular complexity index is 1540. The van der Waals surface area contributed by atoms with Gasteiger partial charge in [0.25, 0.3) is 0 Å². The molecular formula is C31H37Cl2N3O6S. The van der Waals surface area contributed by atoms with Gasteiger partial charge in [0, 0.05) is 34.6 Å². The van der Waals surface area contributed by atoms with Crippen LogP contribution in [-0.2, 0) is 32.6 Å². The van der Waals surface area contributed by atoms with E-state index in [0.29, 0.717) is 21.4 Å². The van der Waals surface area contributed by atoms with E-state index in [9.17, 15) is 18.0 Å². The molecule has 9 nitrogen and oxygen atoms in total. The van der Waals surface area contributed by atoms with Gasteiger partial charge < -0.3 is 19.7 Å². The molecule has 3 aromatic carbocycles. The molecule has 0 spiro atoms. The van der Waals surface area contributed by atoms with Gasteiger partial charge in [-0.1, -0.05) is 59.6 Å². The highest BCUT2D eigenvalue weighted by Gasteiger charge is 2.35. The van der Waals surface area contributed by atoms with Gasteiger partial charge in [0.15, 0.2) is 0 Å². The zero-order chi connectivity index (χ0) is 31.9. The molecule has 0 aromatic heterocycles. The van der Waals surface area contributed by atoms with Gasteiger partial charge in [0.2, 0.25) is 21.8 Å². The molecule has 1 unspecified atom stereocenters. The number of carbonyl (C=O) groups is 2. The molecule has 232 valence electrons. The Morgan fingerprint density at radius 2 is 1.63 bits per heavy atom. The second-order valence-corrected chi connectivity index (χ2v) is 13.8. The van der Waals surface area contributed by atoms with E-state index in [-0.39, 0.29) is 24.4 Å². The minimum Gasteiger partial charge on any atom is -0.497 e. The number of nitrogens with one attached hydrogen (secondary N) is 1. The summed E-state index contributed by atoms with van der Waals surface area (Å²) in [5.74, 6) is -0.447. The number of methoxy groups -OCH3 is 2. The molecule has 3 rings (SSSR count). The predicted octanol–water partition coefficient (Wildman–Crippen LogP) is 5.33. The number of halogens is 2. The van der Waals surface area contributed by atoms with Crippen LogP contribution in [0.2, 0.25) is 10.0 Å². The first-order valence-corrected chi connectivity index (χ1v) is 16.0. The lowest BCUT2D eigenvalue weighted by atomic mass is 10.0. The molecule has 12 heteroatoms. The lowest BCUT2D eigenvalue weighted by molar-refractivity contribution is -0.140. The Balaban J connectivity index is 2.15. The number of rotatable bonds is 12. The zero-order valence-electron chi connectivity index (χ0n) is 25.1. The third kappa shape index (κ3) is 9.51. The highest BCUT2D eigenvalue weighted by atomic mass is 35.5. The third-order valence-corrected chi connectivity index (χ3v) is 8.17. The second-order valence-electron chi connectivity index (χ2n) is 11.0. The number of hydrogen-bond acceptors (Lipinski definition) is 6. The summed E-state index contributed by atoms with van der Waals surface area (Å²) in [4.78, 5) is 29.5. The average Bonchev–Trinajstić information content (AvgIpc) is 2.93. The summed E-state index contributed by atoms with van der Waals surface area (Å²) < 4.78 is 37.9. The van der Waals surface area contributed by atoms with E-state index >= 15 is 0 Å². The van der Waals surface area contributed by atoms with Crippen molar-refractivity contribution in [3.8, 4) is 11.5 Å². The molecule has 3 aromatic rings. The Morgan fingerprint density at radius 1 is 0.953 bits per heavy atom. The van der Waals surface area contributed by atoms with E-state index < -0.39 is 40.0 Å². The van der Waals surface area contributed by atoms with Gasteiger partial charge in [-0.2, -0.15) is 0 Å². The van der Waals surface area contributed by atoms with Gasteiger partial charge in [-0.05, 0) is 56.2 Å². The number of sulfonamides is 1. The molecular weight excluding hydrogens is 613 g/mol. The van der Waals surface area contributed by atoms with Crippen molar-refractivity contribution in [1.82, 2.24) is 10.2 Å². The first-order valence-electron chi connectivity index (χ1n) is 13.4. The Morgan fingerprint density at radius 3 is 2.19 bits per heavy atom. The summed E-state index contributed by atoms with van der Waals surface area (Å²) in [6, 6.07) is 17.7. The molecule has 0 bridgehead atoms. The van der Waals surface area contributed by atoms with Gasteiger partial charge >= 0.3 is 0 Å². The van der Waals surface area contributed by atoms with Crippen LogP contribution in [0.5, 0.6) is 11.5 Å². The monoisotopic (exact) mass is 649 g/mol. The standard InChI is InChI=1S/C31H37Cl2N3O6S/c1-31(2,3)34-30(38)27(16-21-10-8-7-9-11-21)35(19-22-12-13-23(32)17-25(22)33)29(37)20-36(43(6,39)40)26-18-24(41-4)14-15-28(26)42-5/h7-15,17-18,27H,16,19-20H2,1-6H3,(H,34,38). The van der Waals surface area contributed by atoms with E-state index in [0.717, 1.165) is 16.1 Å². The van der Waals surface area contributed by atoms with Crippen LogP contribution in [0.4, 0.5) is 5.69 Å². The molecule has 0 aliphatic carbocycles. The first kappa shape index (κ1) is 34.0. The predicted molar refractivity (Wildman–Crippen MR) is 171 cm³/mol. The van der Waals surface area contributed by atoms with Gasteiger partial charge in [-0.3, -0.25) is 13.9 Å². The fraction of sp³-hybridized carbons (Fsp3) is 0.355. The minimum atomic E-state index is -4.02. The molecule has 1 N–H and O–H groups in total. The number of benzene rings is 3. The van der Waals surface area contributed by atoms with Gasteiger partial charge in [-0.15, -0.1) is 0 Å². The maximum absolute atomic E-state index is 14.3. The van der Waals surface area contributed by atoms with Crippen molar-refractivity contribution in [2.45, 2.75) is 45.3 Å². The summed E-state index contributed by atoms with van der Waals surface area (Å²) in [6.07, 6.45) is 1.16. The smallest absolute Gasteiger partial charge is 0.244 e. The SMILES string of the molecule is COc1ccc(OC)c(N(CC(=O)N(Cc2ccc(Cl)cc2Cl)C(Cc2ccccc2)C(=O)NC(C)(C)C)S(C)(=O)=O)c1. The highest BCUT2D eigenvalue weighted by Crippen LogP contribution is 2.34. The van der Waals surface area contributed by atoms with Crippen LogP contribution in [-0.4, -0.2) is 63.7 Å². The molecule has 0 fully saturated rings. The van der Waals surface area contributed by atoms with Gasteiger partial charge in [-0.25, -0.2) is 8.42 Å². The van der Waals surface area contributed by atoms with E-state index in [1.54, 1.807) is 30.3 Å². The molecule has 0 saturated carbocycles. The van der Waals surface area contributed by atoms with E-state index in [4.69, 9.17) is 32.7 Å². The maximum Gasteiger partial charge on any atom is 0.244 e. The topological polar surface area (TPSA) is 105 Å². The number of carbonyl (C=O) groups excluding carboxylic acids is 2. The number of ether oxygens (including phenoxy) is 2. The van der Waals surface area contributed by atoms with Crippen molar-refractivity contribution in [1.29, 1.82) is 0 Å². The Kier molecular flexibility index (Phi) is 11.3. The van der Waals surface area contributed by atoms with Crippen molar-refractivity contribution in [2.75, 3.05) is 31.3 Å². The van der Waals surface area contributed by atoms with Gasteiger partial charge in [0.1, 0.15) is 24.1 Å². The molecule has 0 radical (unpaired) electrons. The quantitative estimate of drug-likeness (QED) is 0.284. The molecule has 43 heavy (non-hydrogen) atoms. The molecule has 0 heterocycles. The lowest BCUT2D eigenvalue weighted by Gasteiger charge is -2.35. The van der Waals surface area contributed by atoms with Crippen LogP contribution in [0.3, 0.4) is 0 Å². The van der Waals surface area contributed by atoms with Crippen molar-refractivity contribution in [2.24, 2.45) is 0 Å². The molecule has 2 amide bonds. The number of hydrogen-bond donors (Lipinski definition) is 1. The Hall–Kier alpha value is -3.47. The average molecular weight is 651 g/mol. The van der Waals surface area contributed by atoms with Crippen LogP contribution in [0, 0.1) is 0 Å². The number of nitrogens with zero attached hydrogens (tertiary/aromatic N) is 2. The van der Waals surface area contributed by atoms with Gasteiger partial charge in [0.05, 0.1) is 26.2 Å². The van der Waals surface area contributed by atoms with Crippen molar-refractivity contribution in [3.05, 3.63) is 87.9 Å². The third-order valence-electron chi connectivity index (χ3n) is 6.46. The van der Waals surface area contributed by atoms with Crippen LogP contribution in [0.15, 0.2) is 66.7 Å². The first-order chi connectivity index (χ1) is 20.1.